The molecule has 0 aliphatic rings. The summed E-state index contributed by atoms with van der Waals surface area (Å²) in [6.07, 6.45) is 0. The van der Waals surface area contributed by atoms with Crippen LogP contribution in [-0.4, -0.2) is 7.11 Å². The van der Waals surface area contributed by atoms with Crippen molar-refractivity contribution in [1.82, 2.24) is 0 Å². The van der Waals surface area contributed by atoms with Gasteiger partial charge in [0.05, 0.1) is 12.8 Å². The van der Waals surface area contributed by atoms with E-state index in [0.29, 0.717) is 18.0 Å². The predicted molar refractivity (Wildman–Crippen MR) is 66.7 cm³/mol. The largest absolute Gasteiger partial charge is 0.494 e. The molecule has 0 saturated heterocycles. The van der Waals surface area contributed by atoms with E-state index in [0.717, 1.165) is 5.56 Å². The number of benzene rings is 2. The van der Waals surface area contributed by atoms with Crippen molar-refractivity contribution in [2.24, 2.45) is 0 Å². The maximum Gasteiger partial charge on any atom is 0.144 e. The molecular formula is C14H13F2NO. The van der Waals surface area contributed by atoms with Gasteiger partial charge in [0.2, 0.25) is 0 Å². The fourth-order valence-corrected chi connectivity index (χ4v) is 1.61. The summed E-state index contributed by atoms with van der Waals surface area (Å²) in [5.41, 5.74) is 1.63. The van der Waals surface area contributed by atoms with Crippen molar-refractivity contribution in [1.29, 1.82) is 0 Å². The van der Waals surface area contributed by atoms with E-state index >= 15 is 0 Å². The highest BCUT2D eigenvalue weighted by molar-refractivity contribution is 5.56. The zero-order valence-corrected chi connectivity index (χ0v) is 9.91. The zero-order valence-electron chi connectivity index (χ0n) is 9.91. The number of halogens is 2. The van der Waals surface area contributed by atoms with E-state index in [9.17, 15) is 8.78 Å². The van der Waals surface area contributed by atoms with Crippen LogP contribution in [0.25, 0.3) is 0 Å². The fourth-order valence-electron chi connectivity index (χ4n) is 1.61. The minimum atomic E-state index is -0.348. The molecule has 0 heterocycles. The number of ether oxygens (including phenoxy) is 1. The van der Waals surface area contributed by atoms with Crippen LogP contribution in [0.5, 0.6) is 5.75 Å². The molecule has 0 radical (unpaired) electrons. The van der Waals surface area contributed by atoms with E-state index in [4.69, 9.17) is 4.74 Å². The molecule has 0 fully saturated rings. The standard InChI is InChI=1S/C14H13F2NO/c1-18-14-8-12(16)6-7-13(14)17-9-10-2-4-11(15)5-3-10/h2-8,17H,9H2,1H3. The predicted octanol–water partition coefficient (Wildman–Crippen LogP) is 3.59. The van der Waals surface area contributed by atoms with Crippen LogP contribution >= 0.6 is 0 Å². The summed E-state index contributed by atoms with van der Waals surface area (Å²) in [6.45, 7) is 0.516. The lowest BCUT2D eigenvalue weighted by Crippen LogP contribution is -2.01. The normalized spacial score (nSPS) is 10.2. The summed E-state index contributed by atoms with van der Waals surface area (Å²) in [7, 11) is 1.48. The second kappa shape index (κ2) is 5.49. The van der Waals surface area contributed by atoms with E-state index in [1.165, 1.54) is 31.4 Å². The Hall–Kier alpha value is -2.10. The van der Waals surface area contributed by atoms with E-state index in [-0.39, 0.29) is 11.6 Å². The van der Waals surface area contributed by atoms with Crippen LogP contribution in [0, 0.1) is 11.6 Å². The van der Waals surface area contributed by atoms with Crippen LogP contribution in [0.3, 0.4) is 0 Å². The smallest absolute Gasteiger partial charge is 0.144 e. The highest BCUT2D eigenvalue weighted by Crippen LogP contribution is 2.25. The Bertz CT molecular complexity index is 526. The van der Waals surface area contributed by atoms with Gasteiger partial charge in [0.15, 0.2) is 0 Å². The van der Waals surface area contributed by atoms with Crippen molar-refractivity contribution >= 4 is 5.69 Å². The third kappa shape index (κ3) is 2.97. The summed E-state index contributed by atoms with van der Waals surface area (Å²) < 4.78 is 30.8. The lowest BCUT2D eigenvalue weighted by atomic mass is 10.2. The number of hydrogen-bond acceptors (Lipinski definition) is 2. The van der Waals surface area contributed by atoms with Gasteiger partial charge in [-0.1, -0.05) is 12.1 Å². The molecule has 0 aromatic heterocycles. The maximum atomic E-state index is 13.0. The average molecular weight is 249 g/mol. The summed E-state index contributed by atoms with van der Waals surface area (Å²) in [5, 5.41) is 3.11. The Balaban J connectivity index is 2.08. The molecular weight excluding hydrogens is 236 g/mol. The molecule has 0 aliphatic carbocycles. The molecule has 2 aromatic carbocycles. The highest BCUT2D eigenvalue weighted by atomic mass is 19.1. The molecule has 0 saturated carbocycles. The van der Waals surface area contributed by atoms with Gasteiger partial charge in [-0.2, -0.15) is 0 Å². The first kappa shape index (κ1) is 12.4. The van der Waals surface area contributed by atoms with Gasteiger partial charge in [-0.25, -0.2) is 8.78 Å². The average Bonchev–Trinajstić information content (AvgIpc) is 2.39. The van der Waals surface area contributed by atoms with E-state index in [1.807, 2.05) is 0 Å². The van der Waals surface area contributed by atoms with Crippen molar-refractivity contribution in [2.45, 2.75) is 6.54 Å². The number of methoxy groups -OCH3 is 1. The second-order valence-corrected chi connectivity index (χ2v) is 3.82. The first-order valence-electron chi connectivity index (χ1n) is 5.51. The number of hydrogen-bond donors (Lipinski definition) is 1. The topological polar surface area (TPSA) is 21.3 Å². The Morgan fingerprint density at radius 2 is 1.67 bits per heavy atom. The van der Waals surface area contributed by atoms with Gasteiger partial charge in [-0.3, -0.25) is 0 Å². The Morgan fingerprint density at radius 3 is 2.33 bits per heavy atom. The molecule has 2 nitrogen and oxygen atoms in total. The summed E-state index contributed by atoms with van der Waals surface area (Å²) in [6, 6.07) is 10.5. The minimum absolute atomic E-state index is 0.266. The molecule has 0 aliphatic heterocycles. The Morgan fingerprint density at radius 1 is 1.00 bits per heavy atom. The molecule has 94 valence electrons. The second-order valence-electron chi connectivity index (χ2n) is 3.82. The zero-order chi connectivity index (χ0) is 13.0. The van der Waals surface area contributed by atoms with Crippen LogP contribution < -0.4 is 10.1 Å². The lowest BCUT2D eigenvalue weighted by molar-refractivity contribution is 0.413. The molecule has 0 unspecified atom stereocenters. The van der Waals surface area contributed by atoms with Crippen LogP contribution in [0.15, 0.2) is 42.5 Å². The quantitative estimate of drug-likeness (QED) is 0.894. The first-order chi connectivity index (χ1) is 8.69. The number of nitrogens with one attached hydrogen (secondary N) is 1. The van der Waals surface area contributed by atoms with Crippen molar-refractivity contribution in [3.63, 3.8) is 0 Å². The van der Waals surface area contributed by atoms with E-state index < -0.39 is 0 Å². The third-order valence-corrected chi connectivity index (χ3v) is 2.56. The molecule has 0 bridgehead atoms. The molecule has 1 N–H and O–H groups in total. The van der Waals surface area contributed by atoms with Gasteiger partial charge < -0.3 is 10.1 Å². The van der Waals surface area contributed by atoms with Crippen molar-refractivity contribution < 1.29 is 13.5 Å². The van der Waals surface area contributed by atoms with Gasteiger partial charge in [0, 0.05) is 12.6 Å². The third-order valence-electron chi connectivity index (χ3n) is 2.56. The first-order valence-corrected chi connectivity index (χ1v) is 5.51. The molecule has 2 rings (SSSR count). The van der Waals surface area contributed by atoms with Crippen LogP contribution in [0.2, 0.25) is 0 Å². The van der Waals surface area contributed by atoms with Crippen molar-refractivity contribution in [3.05, 3.63) is 59.7 Å². The molecule has 0 spiro atoms. The maximum absolute atomic E-state index is 13.0. The SMILES string of the molecule is COc1cc(F)ccc1NCc1ccc(F)cc1. The number of rotatable bonds is 4. The minimum Gasteiger partial charge on any atom is -0.494 e. The highest BCUT2D eigenvalue weighted by Gasteiger charge is 2.04. The number of anilines is 1. The van der Waals surface area contributed by atoms with Crippen molar-refractivity contribution in [3.8, 4) is 5.75 Å². The van der Waals surface area contributed by atoms with E-state index in [1.54, 1.807) is 18.2 Å². The molecule has 0 amide bonds. The van der Waals surface area contributed by atoms with Crippen molar-refractivity contribution in [2.75, 3.05) is 12.4 Å². The summed E-state index contributed by atoms with van der Waals surface area (Å²) in [5.74, 6) is -0.172. The Labute approximate surface area is 104 Å². The van der Waals surface area contributed by atoms with Gasteiger partial charge in [0.25, 0.3) is 0 Å². The monoisotopic (exact) mass is 249 g/mol. The molecule has 4 heteroatoms. The van der Waals surface area contributed by atoms with Gasteiger partial charge in [-0.05, 0) is 29.8 Å². The summed E-state index contributed by atoms with van der Waals surface area (Å²) in [4.78, 5) is 0. The van der Waals surface area contributed by atoms with Crippen LogP contribution in [0.4, 0.5) is 14.5 Å². The van der Waals surface area contributed by atoms with Gasteiger partial charge in [-0.15, -0.1) is 0 Å². The van der Waals surface area contributed by atoms with Crippen LogP contribution in [0.1, 0.15) is 5.56 Å². The Kier molecular flexibility index (Phi) is 3.77. The summed E-state index contributed by atoms with van der Waals surface area (Å²) >= 11 is 0. The van der Waals surface area contributed by atoms with Crippen LogP contribution in [-0.2, 0) is 6.54 Å². The molecule has 0 atom stereocenters. The van der Waals surface area contributed by atoms with Gasteiger partial charge >= 0.3 is 0 Å². The fraction of sp³-hybridized carbons (Fsp3) is 0.143. The lowest BCUT2D eigenvalue weighted by Gasteiger charge is -2.11. The van der Waals surface area contributed by atoms with Gasteiger partial charge in [0.1, 0.15) is 17.4 Å². The molecule has 18 heavy (non-hydrogen) atoms. The van der Waals surface area contributed by atoms with E-state index in [2.05, 4.69) is 5.32 Å². The molecule has 2 aromatic rings.